The van der Waals surface area contributed by atoms with Gasteiger partial charge >= 0.3 is 0 Å². The van der Waals surface area contributed by atoms with Gasteiger partial charge in [-0.3, -0.25) is 14.4 Å². The first-order chi connectivity index (χ1) is 10.0. The van der Waals surface area contributed by atoms with Crippen molar-refractivity contribution in [3.05, 3.63) is 17.5 Å². The molecule has 0 saturated carbocycles. The van der Waals surface area contributed by atoms with Gasteiger partial charge in [0.2, 0.25) is 0 Å². The van der Waals surface area contributed by atoms with Gasteiger partial charge in [-0.1, -0.05) is 0 Å². The van der Waals surface area contributed by atoms with E-state index < -0.39 is 0 Å². The zero-order valence-corrected chi connectivity index (χ0v) is 13.0. The van der Waals surface area contributed by atoms with Gasteiger partial charge in [-0.05, 0) is 45.3 Å². The Kier molecular flexibility index (Phi) is 3.99. The van der Waals surface area contributed by atoms with E-state index in [1.54, 1.807) is 4.68 Å². The molecule has 0 radical (unpaired) electrons. The van der Waals surface area contributed by atoms with Gasteiger partial charge in [-0.15, -0.1) is 0 Å². The van der Waals surface area contributed by atoms with Gasteiger partial charge in [0.25, 0.3) is 5.91 Å². The van der Waals surface area contributed by atoms with Gasteiger partial charge in [0.05, 0.1) is 5.69 Å². The molecule has 116 valence electrons. The molecule has 1 aromatic rings. The number of carbonyl (C=O) groups is 1. The molecule has 2 aliphatic rings. The van der Waals surface area contributed by atoms with E-state index in [9.17, 15) is 4.79 Å². The first-order valence-electron chi connectivity index (χ1n) is 7.84. The molecule has 1 aromatic heterocycles. The molecule has 21 heavy (non-hydrogen) atoms. The second kappa shape index (κ2) is 5.77. The highest BCUT2D eigenvalue weighted by Gasteiger charge is 2.33. The predicted octanol–water partition coefficient (Wildman–Crippen LogP) is 0.366. The Morgan fingerprint density at radius 1 is 1.29 bits per heavy atom. The summed E-state index contributed by atoms with van der Waals surface area (Å²) in [6.07, 6.45) is 3.22. The van der Waals surface area contributed by atoms with Crippen LogP contribution in [0.1, 0.15) is 35.4 Å². The van der Waals surface area contributed by atoms with E-state index in [2.05, 4.69) is 10.00 Å². The summed E-state index contributed by atoms with van der Waals surface area (Å²) in [6, 6.07) is 2.73. The minimum atomic E-state index is 0.106. The van der Waals surface area contributed by atoms with E-state index >= 15 is 0 Å². The summed E-state index contributed by atoms with van der Waals surface area (Å²) in [4.78, 5) is 17.1. The average molecular weight is 291 g/mol. The van der Waals surface area contributed by atoms with Gasteiger partial charge in [-0.25, -0.2) is 0 Å². The molecular formula is C15H25N5O. The lowest BCUT2D eigenvalue weighted by Gasteiger charge is -2.34. The van der Waals surface area contributed by atoms with Crippen LogP contribution in [0.5, 0.6) is 0 Å². The number of aromatic nitrogens is 2. The van der Waals surface area contributed by atoms with Crippen molar-refractivity contribution < 1.29 is 4.79 Å². The third-order valence-electron chi connectivity index (χ3n) is 4.76. The van der Waals surface area contributed by atoms with E-state index in [1.165, 1.54) is 0 Å². The molecule has 2 N–H and O–H groups in total. The van der Waals surface area contributed by atoms with E-state index in [0.29, 0.717) is 17.8 Å². The van der Waals surface area contributed by atoms with Gasteiger partial charge in [0.1, 0.15) is 5.69 Å². The molecule has 1 atom stereocenters. The van der Waals surface area contributed by atoms with Gasteiger partial charge in [0.15, 0.2) is 0 Å². The number of aryl methyl sites for hydroxylation is 2. The number of nitrogens with zero attached hydrogens (tertiary/aromatic N) is 4. The molecule has 2 fully saturated rings. The Hall–Kier alpha value is -1.40. The maximum atomic E-state index is 12.6. The van der Waals surface area contributed by atoms with Crippen LogP contribution in [0.4, 0.5) is 0 Å². The van der Waals surface area contributed by atoms with Crippen molar-refractivity contribution in [2.24, 2.45) is 12.8 Å². The summed E-state index contributed by atoms with van der Waals surface area (Å²) < 4.78 is 1.69. The molecule has 3 heterocycles. The zero-order chi connectivity index (χ0) is 15.0. The second-order valence-electron chi connectivity index (χ2n) is 6.36. The minimum Gasteiger partial charge on any atom is -0.336 e. The number of hydrogen-bond donors (Lipinski definition) is 1. The summed E-state index contributed by atoms with van der Waals surface area (Å²) in [7, 11) is 1.83. The number of rotatable bonds is 2. The topological polar surface area (TPSA) is 67.4 Å². The summed E-state index contributed by atoms with van der Waals surface area (Å²) >= 11 is 0. The molecule has 0 aromatic carbocycles. The fraction of sp³-hybridized carbons (Fsp3) is 0.733. The average Bonchev–Trinajstić information content (AvgIpc) is 3.06. The zero-order valence-electron chi connectivity index (χ0n) is 13.0. The first kappa shape index (κ1) is 14.5. The molecule has 6 heteroatoms. The van der Waals surface area contributed by atoms with Crippen molar-refractivity contribution in [1.82, 2.24) is 19.6 Å². The van der Waals surface area contributed by atoms with Crippen molar-refractivity contribution in [1.29, 1.82) is 0 Å². The Balaban J connectivity index is 1.61. The van der Waals surface area contributed by atoms with Crippen molar-refractivity contribution in [3.63, 3.8) is 0 Å². The molecule has 0 aliphatic carbocycles. The van der Waals surface area contributed by atoms with Crippen molar-refractivity contribution >= 4 is 5.91 Å². The highest BCUT2D eigenvalue weighted by molar-refractivity contribution is 5.92. The lowest BCUT2D eigenvalue weighted by atomic mass is 10.0. The van der Waals surface area contributed by atoms with Gasteiger partial charge in [-0.2, -0.15) is 5.10 Å². The van der Waals surface area contributed by atoms with E-state index in [-0.39, 0.29) is 5.91 Å². The maximum absolute atomic E-state index is 12.6. The number of hydrogen-bond acceptors (Lipinski definition) is 4. The normalized spacial score (nSPS) is 24.7. The Morgan fingerprint density at radius 3 is 2.62 bits per heavy atom. The fourth-order valence-electron chi connectivity index (χ4n) is 3.48. The SMILES string of the molecule is Cc1cc(C(=O)N2CCC(N3CCC(N)CC3)C2)n(C)n1. The van der Waals surface area contributed by atoms with Crippen molar-refractivity contribution in [2.75, 3.05) is 26.2 Å². The number of piperidine rings is 1. The third kappa shape index (κ3) is 2.96. The number of likely N-dealkylation sites (tertiary alicyclic amines) is 2. The number of amides is 1. The summed E-state index contributed by atoms with van der Waals surface area (Å²) in [5.74, 6) is 0.106. The quantitative estimate of drug-likeness (QED) is 0.854. The van der Waals surface area contributed by atoms with Crippen LogP contribution in [0.2, 0.25) is 0 Å². The number of nitrogens with two attached hydrogens (primary N) is 1. The second-order valence-corrected chi connectivity index (χ2v) is 6.36. The molecular weight excluding hydrogens is 266 g/mol. The fourth-order valence-corrected chi connectivity index (χ4v) is 3.48. The predicted molar refractivity (Wildman–Crippen MR) is 81.0 cm³/mol. The standard InChI is InChI=1S/C15H25N5O/c1-11-9-14(18(2)17-11)15(21)20-8-5-13(10-20)19-6-3-12(16)4-7-19/h9,12-13H,3-8,10,16H2,1-2H3. The molecule has 1 unspecified atom stereocenters. The van der Waals surface area contributed by atoms with E-state index in [0.717, 1.165) is 51.1 Å². The highest BCUT2D eigenvalue weighted by Crippen LogP contribution is 2.21. The summed E-state index contributed by atoms with van der Waals surface area (Å²) in [6.45, 7) is 5.73. The van der Waals surface area contributed by atoms with Crippen LogP contribution in [-0.2, 0) is 7.05 Å². The van der Waals surface area contributed by atoms with Crippen LogP contribution in [0, 0.1) is 6.92 Å². The van der Waals surface area contributed by atoms with Crippen molar-refractivity contribution in [2.45, 2.75) is 38.3 Å². The van der Waals surface area contributed by atoms with Gasteiger partial charge in [0, 0.05) is 32.2 Å². The molecule has 3 rings (SSSR count). The minimum absolute atomic E-state index is 0.106. The third-order valence-corrected chi connectivity index (χ3v) is 4.76. The summed E-state index contributed by atoms with van der Waals surface area (Å²) in [5, 5.41) is 4.27. The summed E-state index contributed by atoms with van der Waals surface area (Å²) in [5.41, 5.74) is 7.54. The first-order valence-corrected chi connectivity index (χ1v) is 7.84. The maximum Gasteiger partial charge on any atom is 0.272 e. The number of carbonyl (C=O) groups excluding carboxylic acids is 1. The lowest BCUT2D eigenvalue weighted by molar-refractivity contribution is 0.0758. The van der Waals surface area contributed by atoms with Gasteiger partial charge < -0.3 is 10.6 Å². The molecule has 2 aliphatic heterocycles. The van der Waals surface area contributed by atoms with Crippen LogP contribution >= 0.6 is 0 Å². The van der Waals surface area contributed by atoms with E-state index in [4.69, 9.17) is 5.73 Å². The molecule has 0 bridgehead atoms. The molecule has 0 spiro atoms. The van der Waals surface area contributed by atoms with Crippen LogP contribution in [0.3, 0.4) is 0 Å². The highest BCUT2D eigenvalue weighted by atomic mass is 16.2. The van der Waals surface area contributed by atoms with E-state index in [1.807, 2.05) is 24.9 Å². The molecule has 6 nitrogen and oxygen atoms in total. The van der Waals surface area contributed by atoms with Crippen LogP contribution in [0.15, 0.2) is 6.07 Å². The smallest absolute Gasteiger partial charge is 0.272 e. The lowest BCUT2D eigenvalue weighted by Crippen LogP contribution is -2.46. The van der Waals surface area contributed by atoms with Crippen LogP contribution in [0.25, 0.3) is 0 Å². The van der Waals surface area contributed by atoms with Crippen LogP contribution < -0.4 is 5.73 Å². The van der Waals surface area contributed by atoms with Crippen LogP contribution in [-0.4, -0.2) is 63.8 Å². The monoisotopic (exact) mass is 291 g/mol. The van der Waals surface area contributed by atoms with Crippen molar-refractivity contribution in [3.8, 4) is 0 Å². The Labute approximate surface area is 125 Å². The Morgan fingerprint density at radius 2 is 2.00 bits per heavy atom. The largest absolute Gasteiger partial charge is 0.336 e. The Bertz CT molecular complexity index is 518. The molecule has 2 saturated heterocycles. The molecule has 1 amide bonds.